The molecule has 2 aromatic carbocycles. The number of nitrogens with zero attached hydrogens (tertiary/aromatic N) is 1. The molecule has 0 spiro atoms. The van der Waals surface area contributed by atoms with Gasteiger partial charge in [-0.15, -0.1) is 0 Å². The van der Waals surface area contributed by atoms with Gasteiger partial charge in [-0.05, 0) is 30.2 Å². The van der Waals surface area contributed by atoms with Crippen LogP contribution < -0.4 is 16.0 Å². The molecule has 0 aromatic heterocycles. The molecule has 0 aliphatic carbocycles. The van der Waals surface area contributed by atoms with Gasteiger partial charge in [-0.2, -0.15) is 12.6 Å². The van der Waals surface area contributed by atoms with E-state index in [1.807, 2.05) is 60.4 Å². The minimum Gasteiger partial charge on any atom is -0.340 e. The summed E-state index contributed by atoms with van der Waals surface area (Å²) in [6, 6.07) is 15.4. The van der Waals surface area contributed by atoms with Crippen molar-refractivity contribution in [3.8, 4) is 0 Å². The van der Waals surface area contributed by atoms with Gasteiger partial charge in [-0.25, -0.2) is 4.79 Å². The van der Waals surface area contributed by atoms with Crippen LogP contribution >= 0.6 is 12.6 Å². The molecule has 6 nitrogen and oxygen atoms in total. The molecule has 3 amide bonds. The summed E-state index contributed by atoms with van der Waals surface area (Å²) in [7, 11) is 0. The molecule has 1 aliphatic rings. The number of aryl methyl sites for hydroxylation is 1. The fourth-order valence-corrected chi connectivity index (χ4v) is 3.47. The highest BCUT2D eigenvalue weighted by Crippen LogP contribution is 2.12. The van der Waals surface area contributed by atoms with E-state index in [4.69, 9.17) is 0 Å². The van der Waals surface area contributed by atoms with Crippen LogP contribution in [0.2, 0.25) is 0 Å². The lowest BCUT2D eigenvalue weighted by Gasteiger charge is -2.33. The summed E-state index contributed by atoms with van der Waals surface area (Å²) in [5.41, 5.74) is 3.87. The van der Waals surface area contributed by atoms with Gasteiger partial charge in [-0.1, -0.05) is 42.0 Å². The number of amides is 3. The maximum Gasteiger partial charge on any atom is 0.319 e. The summed E-state index contributed by atoms with van der Waals surface area (Å²) in [5, 5.41) is 9.01. The molecule has 7 heteroatoms. The lowest BCUT2D eigenvalue weighted by Crippen LogP contribution is -2.53. The highest BCUT2D eigenvalue weighted by atomic mass is 32.1. The lowest BCUT2D eigenvalue weighted by atomic mass is 10.1. The first-order valence-electron chi connectivity index (χ1n) is 9.85. The van der Waals surface area contributed by atoms with E-state index < -0.39 is 0 Å². The summed E-state index contributed by atoms with van der Waals surface area (Å²) in [5.74, 6) is 0.839. The van der Waals surface area contributed by atoms with Crippen molar-refractivity contribution in [1.29, 1.82) is 0 Å². The molecule has 2 aromatic rings. The van der Waals surface area contributed by atoms with E-state index in [-0.39, 0.29) is 18.0 Å². The van der Waals surface area contributed by atoms with Gasteiger partial charge in [0.1, 0.15) is 0 Å². The number of hydrogen-bond acceptors (Lipinski definition) is 4. The highest BCUT2D eigenvalue weighted by Gasteiger charge is 2.22. The van der Waals surface area contributed by atoms with Gasteiger partial charge in [0.05, 0.1) is 6.42 Å². The SMILES string of the molecule is Cc1ccc(CNC(=O)Nc2ccc(CC(=O)N3CCN[C@@H](CS)C3)cc2)cc1. The third-order valence-corrected chi connectivity index (χ3v) is 5.41. The number of rotatable bonds is 6. The molecular formula is C22H28N4O2S. The van der Waals surface area contributed by atoms with E-state index in [0.29, 0.717) is 25.2 Å². The number of piperazine rings is 1. The van der Waals surface area contributed by atoms with E-state index in [9.17, 15) is 9.59 Å². The average Bonchev–Trinajstić information content (AvgIpc) is 2.74. The Bertz CT molecular complexity index is 824. The van der Waals surface area contributed by atoms with Crippen molar-refractivity contribution in [2.75, 3.05) is 30.7 Å². The number of carbonyl (C=O) groups is 2. The smallest absolute Gasteiger partial charge is 0.319 e. The number of benzene rings is 2. The van der Waals surface area contributed by atoms with Crippen LogP contribution in [-0.2, 0) is 17.8 Å². The first-order valence-corrected chi connectivity index (χ1v) is 10.5. The molecule has 0 radical (unpaired) electrons. The Balaban J connectivity index is 1.46. The molecule has 1 aliphatic heterocycles. The average molecular weight is 413 g/mol. The first kappa shape index (κ1) is 21.2. The largest absolute Gasteiger partial charge is 0.340 e. The molecule has 154 valence electrons. The second kappa shape index (κ2) is 10.3. The van der Waals surface area contributed by atoms with E-state index >= 15 is 0 Å². The van der Waals surface area contributed by atoms with Crippen molar-refractivity contribution < 1.29 is 9.59 Å². The molecule has 0 bridgehead atoms. The summed E-state index contributed by atoms with van der Waals surface area (Å²) in [4.78, 5) is 26.5. The molecule has 1 heterocycles. The zero-order valence-electron chi connectivity index (χ0n) is 16.6. The number of carbonyl (C=O) groups excluding carboxylic acids is 2. The van der Waals surface area contributed by atoms with Crippen molar-refractivity contribution in [2.45, 2.75) is 25.9 Å². The Hall–Kier alpha value is -2.51. The van der Waals surface area contributed by atoms with Crippen LogP contribution in [0.25, 0.3) is 0 Å². The summed E-state index contributed by atoms with van der Waals surface area (Å²) >= 11 is 4.31. The Morgan fingerprint density at radius 3 is 2.48 bits per heavy atom. The quantitative estimate of drug-likeness (QED) is 0.551. The molecule has 29 heavy (non-hydrogen) atoms. The van der Waals surface area contributed by atoms with E-state index in [2.05, 4.69) is 28.6 Å². The summed E-state index contributed by atoms with van der Waals surface area (Å²) < 4.78 is 0. The first-order chi connectivity index (χ1) is 14.0. The van der Waals surface area contributed by atoms with Gasteiger partial charge in [0.2, 0.25) is 5.91 Å². The Morgan fingerprint density at radius 2 is 1.79 bits per heavy atom. The Kier molecular flexibility index (Phi) is 7.55. The molecule has 1 saturated heterocycles. The summed E-state index contributed by atoms with van der Waals surface area (Å²) in [6.07, 6.45) is 0.360. The van der Waals surface area contributed by atoms with Crippen LogP contribution in [0.1, 0.15) is 16.7 Å². The van der Waals surface area contributed by atoms with Gasteiger partial charge < -0.3 is 20.9 Å². The normalized spacial score (nSPS) is 16.3. The molecule has 1 fully saturated rings. The zero-order chi connectivity index (χ0) is 20.6. The topological polar surface area (TPSA) is 73.5 Å². The number of nitrogens with one attached hydrogen (secondary N) is 3. The minimum atomic E-state index is -0.256. The maximum atomic E-state index is 12.5. The van der Waals surface area contributed by atoms with Gasteiger partial charge in [0.25, 0.3) is 0 Å². The van der Waals surface area contributed by atoms with E-state index in [1.54, 1.807) is 0 Å². The number of anilines is 1. The molecule has 1 atom stereocenters. The van der Waals surface area contributed by atoms with Gasteiger partial charge in [-0.3, -0.25) is 4.79 Å². The predicted molar refractivity (Wildman–Crippen MR) is 119 cm³/mol. The van der Waals surface area contributed by atoms with Crippen LogP contribution in [0, 0.1) is 6.92 Å². The standard InChI is InChI=1S/C22H28N4O2S/c1-16-2-4-18(5-3-16)13-24-22(28)25-19-8-6-17(7-9-19)12-21(27)26-11-10-23-20(14-26)15-29/h2-9,20,23,29H,10-15H2,1H3,(H2,24,25,28)/t20-/m1/s1. The maximum absolute atomic E-state index is 12.5. The second-order valence-corrected chi connectivity index (χ2v) is 7.71. The summed E-state index contributed by atoms with van der Waals surface area (Å²) in [6.45, 7) is 4.73. The molecule has 0 unspecified atom stereocenters. The second-order valence-electron chi connectivity index (χ2n) is 7.34. The molecule has 0 saturated carbocycles. The van der Waals surface area contributed by atoms with Gasteiger partial charge >= 0.3 is 6.03 Å². The Morgan fingerprint density at radius 1 is 1.10 bits per heavy atom. The minimum absolute atomic E-state index is 0.120. The number of urea groups is 1. The van der Waals surface area contributed by atoms with E-state index in [0.717, 1.165) is 30.0 Å². The third kappa shape index (κ3) is 6.51. The van der Waals surface area contributed by atoms with Crippen molar-refractivity contribution in [1.82, 2.24) is 15.5 Å². The highest BCUT2D eigenvalue weighted by molar-refractivity contribution is 7.80. The molecular weight excluding hydrogens is 384 g/mol. The van der Waals surface area contributed by atoms with Crippen LogP contribution in [0.15, 0.2) is 48.5 Å². The van der Waals surface area contributed by atoms with Crippen LogP contribution in [0.3, 0.4) is 0 Å². The van der Waals surface area contributed by atoms with Crippen LogP contribution in [0.5, 0.6) is 0 Å². The number of hydrogen-bond donors (Lipinski definition) is 4. The molecule has 3 rings (SSSR count). The van der Waals surface area contributed by atoms with Crippen molar-refractivity contribution in [3.05, 3.63) is 65.2 Å². The van der Waals surface area contributed by atoms with Gasteiger partial charge in [0, 0.05) is 43.7 Å². The van der Waals surface area contributed by atoms with Crippen molar-refractivity contribution in [2.24, 2.45) is 0 Å². The molecule has 3 N–H and O–H groups in total. The fraction of sp³-hybridized carbons (Fsp3) is 0.364. The third-order valence-electron chi connectivity index (χ3n) is 4.97. The van der Waals surface area contributed by atoms with Gasteiger partial charge in [0.15, 0.2) is 0 Å². The number of thiol groups is 1. The Labute approximate surface area is 177 Å². The van der Waals surface area contributed by atoms with Crippen LogP contribution in [0.4, 0.5) is 10.5 Å². The monoisotopic (exact) mass is 412 g/mol. The van der Waals surface area contributed by atoms with E-state index in [1.165, 1.54) is 5.56 Å². The predicted octanol–water partition coefficient (Wildman–Crippen LogP) is 2.59. The zero-order valence-corrected chi connectivity index (χ0v) is 17.5. The van der Waals surface area contributed by atoms with Crippen molar-refractivity contribution in [3.63, 3.8) is 0 Å². The lowest BCUT2D eigenvalue weighted by molar-refractivity contribution is -0.131. The van der Waals surface area contributed by atoms with Crippen LogP contribution in [-0.4, -0.2) is 48.3 Å². The van der Waals surface area contributed by atoms with Crippen molar-refractivity contribution >= 4 is 30.3 Å². The fourth-order valence-electron chi connectivity index (χ4n) is 3.23.